The number of methoxy groups -OCH3 is 2. The molecule has 0 amide bonds. The van der Waals surface area contributed by atoms with E-state index >= 15 is 0 Å². The van der Waals surface area contributed by atoms with Crippen molar-refractivity contribution < 1.29 is 9.47 Å². The first-order valence-electron chi connectivity index (χ1n) is 5.97. The molecule has 19 heavy (non-hydrogen) atoms. The van der Waals surface area contributed by atoms with Crippen molar-refractivity contribution in [2.75, 3.05) is 21.3 Å². The summed E-state index contributed by atoms with van der Waals surface area (Å²) in [7, 11) is 5.10. The van der Waals surface area contributed by atoms with E-state index in [1.165, 1.54) is 0 Å². The summed E-state index contributed by atoms with van der Waals surface area (Å²) in [5.41, 5.74) is 2.83. The van der Waals surface area contributed by atoms with E-state index in [-0.39, 0.29) is 0 Å². The Balaban J connectivity index is 2.80. The molecule has 0 bridgehead atoms. The van der Waals surface area contributed by atoms with Crippen LogP contribution in [0.4, 0.5) is 0 Å². The highest BCUT2D eigenvalue weighted by atomic mass is 35.5. The van der Waals surface area contributed by atoms with Gasteiger partial charge in [-0.2, -0.15) is 0 Å². The molecule has 102 valence electrons. The average molecular weight is 281 g/mol. The van der Waals surface area contributed by atoms with Gasteiger partial charge >= 0.3 is 0 Å². The molecule has 0 fully saturated rings. The van der Waals surface area contributed by atoms with E-state index in [0.717, 1.165) is 22.2 Å². The zero-order chi connectivity index (χ0) is 14.0. The normalized spacial score (nSPS) is 10.8. The minimum atomic E-state index is 0.523. The smallest absolute Gasteiger partial charge is 0.147 e. The summed E-state index contributed by atoms with van der Waals surface area (Å²) in [6.45, 7) is 2.72. The molecular formula is C14H17ClN2O2. The number of nitrogens with one attached hydrogen (secondary N) is 1. The third kappa shape index (κ3) is 2.46. The number of halogens is 1. The van der Waals surface area contributed by atoms with Crippen LogP contribution >= 0.6 is 11.6 Å². The van der Waals surface area contributed by atoms with Crippen LogP contribution in [0.15, 0.2) is 12.1 Å². The minimum Gasteiger partial charge on any atom is -0.494 e. The summed E-state index contributed by atoms with van der Waals surface area (Å²) < 4.78 is 10.7. The van der Waals surface area contributed by atoms with E-state index in [4.69, 9.17) is 21.1 Å². The summed E-state index contributed by atoms with van der Waals surface area (Å²) in [6.07, 6.45) is 0. The molecule has 0 saturated carbocycles. The van der Waals surface area contributed by atoms with Gasteiger partial charge in [0.25, 0.3) is 0 Å². The van der Waals surface area contributed by atoms with E-state index in [1.807, 2.05) is 20.0 Å². The largest absolute Gasteiger partial charge is 0.494 e. The number of nitrogens with zero attached hydrogens (tertiary/aromatic N) is 1. The quantitative estimate of drug-likeness (QED) is 0.935. The Bertz CT molecular complexity index is 614. The van der Waals surface area contributed by atoms with Gasteiger partial charge in [-0.1, -0.05) is 11.6 Å². The predicted octanol–water partition coefficient (Wildman–Crippen LogP) is 2.93. The molecule has 0 atom stereocenters. The first-order valence-corrected chi connectivity index (χ1v) is 6.35. The number of hydrogen-bond acceptors (Lipinski definition) is 4. The molecule has 0 unspecified atom stereocenters. The van der Waals surface area contributed by atoms with Crippen molar-refractivity contribution in [3.8, 4) is 11.5 Å². The molecule has 5 heteroatoms. The lowest BCUT2D eigenvalue weighted by molar-refractivity contribution is 0.410. The van der Waals surface area contributed by atoms with Crippen LogP contribution in [0.5, 0.6) is 11.5 Å². The molecule has 0 aliphatic heterocycles. The van der Waals surface area contributed by atoms with Gasteiger partial charge in [-0.25, -0.2) is 4.98 Å². The highest BCUT2D eigenvalue weighted by molar-refractivity contribution is 6.33. The molecule has 4 nitrogen and oxygen atoms in total. The highest BCUT2D eigenvalue weighted by Gasteiger charge is 2.15. The van der Waals surface area contributed by atoms with Crippen LogP contribution in [0, 0.1) is 6.92 Å². The average Bonchev–Trinajstić information content (AvgIpc) is 2.39. The Morgan fingerprint density at radius 1 is 1.26 bits per heavy atom. The lowest BCUT2D eigenvalue weighted by atomic mass is 10.1. The van der Waals surface area contributed by atoms with Crippen LogP contribution in [0.2, 0.25) is 5.02 Å². The number of pyridine rings is 1. The van der Waals surface area contributed by atoms with Crippen molar-refractivity contribution in [1.82, 2.24) is 10.3 Å². The number of benzene rings is 1. The Hall–Kier alpha value is -1.52. The number of aromatic nitrogens is 1. The minimum absolute atomic E-state index is 0.523. The Morgan fingerprint density at radius 3 is 2.58 bits per heavy atom. The Kier molecular flexibility index (Phi) is 4.12. The van der Waals surface area contributed by atoms with Gasteiger partial charge in [0.05, 0.1) is 24.9 Å². The van der Waals surface area contributed by atoms with E-state index in [1.54, 1.807) is 20.3 Å². The molecule has 0 saturated heterocycles. The summed E-state index contributed by atoms with van der Waals surface area (Å²) in [4.78, 5) is 4.66. The highest BCUT2D eigenvalue weighted by Crippen LogP contribution is 2.39. The van der Waals surface area contributed by atoms with Gasteiger partial charge in [-0.3, -0.25) is 0 Å². The van der Waals surface area contributed by atoms with Crippen molar-refractivity contribution in [3.05, 3.63) is 28.4 Å². The standard InChI is InChI=1S/C14H17ClN2O2/c1-8-5-9-13(17-11(8)7-16-2)12(18-3)6-10(15)14(9)19-4/h5-6,16H,7H2,1-4H3. The zero-order valence-corrected chi connectivity index (χ0v) is 12.3. The maximum atomic E-state index is 6.20. The SMILES string of the molecule is CNCc1nc2c(OC)cc(Cl)c(OC)c2cc1C. The van der Waals surface area contributed by atoms with Crippen molar-refractivity contribution in [1.29, 1.82) is 0 Å². The van der Waals surface area contributed by atoms with Gasteiger partial charge in [0.1, 0.15) is 17.0 Å². The molecule has 1 aromatic heterocycles. The third-order valence-electron chi connectivity index (χ3n) is 3.04. The maximum absolute atomic E-state index is 6.20. The lowest BCUT2D eigenvalue weighted by Crippen LogP contribution is -2.09. The van der Waals surface area contributed by atoms with E-state index in [9.17, 15) is 0 Å². The zero-order valence-electron chi connectivity index (χ0n) is 11.5. The van der Waals surface area contributed by atoms with Crippen LogP contribution in [0.3, 0.4) is 0 Å². The van der Waals surface area contributed by atoms with Crippen LogP contribution in [-0.2, 0) is 6.54 Å². The fourth-order valence-corrected chi connectivity index (χ4v) is 2.38. The molecule has 0 aliphatic carbocycles. The van der Waals surface area contributed by atoms with Gasteiger partial charge in [-0.15, -0.1) is 0 Å². The van der Waals surface area contributed by atoms with Crippen LogP contribution in [-0.4, -0.2) is 26.3 Å². The molecule has 2 rings (SSSR count). The Labute approximate surface area is 117 Å². The van der Waals surface area contributed by atoms with Gasteiger partial charge in [0, 0.05) is 18.0 Å². The maximum Gasteiger partial charge on any atom is 0.147 e. The number of hydrogen-bond donors (Lipinski definition) is 1. The molecular weight excluding hydrogens is 264 g/mol. The van der Waals surface area contributed by atoms with E-state index in [2.05, 4.69) is 10.3 Å². The first-order chi connectivity index (χ1) is 9.12. The molecule has 1 heterocycles. The van der Waals surface area contributed by atoms with Crippen molar-refractivity contribution in [3.63, 3.8) is 0 Å². The molecule has 0 radical (unpaired) electrons. The van der Waals surface area contributed by atoms with Crippen LogP contribution < -0.4 is 14.8 Å². The van der Waals surface area contributed by atoms with E-state index in [0.29, 0.717) is 23.1 Å². The third-order valence-corrected chi connectivity index (χ3v) is 3.32. The Morgan fingerprint density at radius 2 is 2.00 bits per heavy atom. The summed E-state index contributed by atoms with van der Waals surface area (Å²) in [5, 5.41) is 4.49. The molecule has 1 N–H and O–H groups in total. The van der Waals surface area contributed by atoms with Crippen molar-refractivity contribution in [2.45, 2.75) is 13.5 Å². The fourth-order valence-electron chi connectivity index (χ4n) is 2.10. The molecule has 2 aromatic rings. The number of ether oxygens (including phenoxy) is 2. The summed E-state index contributed by atoms with van der Waals surface area (Å²) in [6, 6.07) is 3.76. The topological polar surface area (TPSA) is 43.4 Å². The van der Waals surface area contributed by atoms with Crippen LogP contribution in [0.1, 0.15) is 11.3 Å². The van der Waals surface area contributed by atoms with Crippen molar-refractivity contribution >= 4 is 22.5 Å². The van der Waals surface area contributed by atoms with Crippen molar-refractivity contribution in [2.24, 2.45) is 0 Å². The number of rotatable bonds is 4. The van der Waals surface area contributed by atoms with Crippen LogP contribution in [0.25, 0.3) is 10.9 Å². The lowest BCUT2D eigenvalue weighted by Gasteiger charge is -2.14. The second-order valence-corrected chi connectivity index (χ2v) is 4.68. The van der Waals surface area contributed by atoms with E-state index < -0.39 is 0 Å². The monoisotopic (exact) mass is 280 g/mol. The second-order valence-electron chi connectivity index (χ2n) is 4.27. The summed E-state index contributed by atoms with van der Waals surface area (Å²) in [5.74, 6) is 1.28. The van der Waals surface area contributed by atoms with Gasteiger partial charge < -0.3 is 14.8 Å². The molecule has 0 aliphatic rings. The number of aryl methyl sites for hydroxylation is 1. The van der Waals surface area contributed by atoms with Gasteiger partial charge in [-0.05, 0) is 25.6 Å². The van der Waals surface area contributed by atoms with Gasteiger partial charge in [0.2, 0.25) is 0 Å². The summed E-state index contributed by atoms with van der Waals surface area (Å²) >= 11 is 6.20. The fraction of sp³-hybridized carbons (Fsp3) is 0.357. The molecule has 0 spiro atoms. The second kappa shape index (κ2) is 5.63. The number of fused-ring (bicyclic) bond motifs is 1. The predicted molar refractivity (Wildman–Crippen MR) is 77.4 cm³/mol. The first kappa shape index (κ1) is 13.9. The molecule has 1 aromatic carbocycles. The van der Waals surface area contributed by atoms with Gasteiger partial charge in [0.15, 0.2) is 0 Å².